The monoisotopic (exact) mass is 338 g/mol. The van der Waals surface area contributed by atoms with E-state index in [-0.39, 0.29) is 15.5 Å². The molecule has 5 nitrogen and oxygen atoms in total. The third-order valence-electron chi connectivity index (χ3n) is 3.11. The lowest BCUT2D eigenvalue weighted by atomic mass is 10.2. The summed E-state index contributed by atoms with van der Waals surface area (Å²) < 4.78 is 23.2. The highest BCUT2D eigenvalue weighted by molar-refractivity contribution is 7.90. The van der Waals surface area contributed by atoms with Gasteiger partial charge in [-0.15, -0.1) is 0 Å². The quantitative estimate of drug-likeness (QED) is 0.929. The number of pyridine rings is 1. The third kappa shape index (κ3) is 3.64. The van der Waals surface area contributed by atoms with Crippen LogP contribution < -0.4 is 5.32 Å². The van der Waals surface area contributed by atoms with Gasteiger partial charge in [0.05, 0.1) is 15.5 Å². The van der Waals surface area contributed by atoms with E-state index in [1.807, 2.05) is 13.0 Å². The van der Waals surface area contributed by atoms with E-state index >= 15 is 0 Å². The van der Waals surface area contributed by atoms with Crippen LogP contribution >= 0.6 is 11.6 Å². The zero-order valence-electron chi connectivity index (χ0n) is 12.1. The summed E-state index contributed by atoms with van der Waals surface area (Å²) in [5.41, 5.74) is 0.975. The smallest absolute Gasteiger partial charge is 0.258 e. The second-order valence-corrected chi connectivity index (χ2v) is 7.16. The Kier molecular flexibility index (Phi) is 4.83. The van der Waals surface area contributed by atoms with Crippen LogP contribution in [0.15, 0.2) is 41.4 Å². The third-order valence-corrected chi connectivity index (χ3v) is 4.55. The van der Waals surface area contributed by atoms with Gasteiger partial charge in [-0.1, -0.05) is 24.6 Å². The van der Waals surface area contributed by atoms with E-state index in [1.165, 1.54) is 18.2 Å². The van der Waals surface area contributed by atoms with Crippen LogP contribution in [0.3, 0.4) is 0 Å². The molecule has 0 fully saturated rings. The fourth-order valence-corrected chi connectivity index (χ4v) is 2.77. The van der Waals surface area contributed by atoms with E-state index in [2.05, 4.69) is 10.3 Å². The van der Waals surface area contributed by atoms with Crippen LogP contribution in [0.25, 0.3) is 0 Å². The summed E-state index contributed by atoms with van der Waals surface area (Å²) in [6.45, 7) is 1.95. The number of hydrogen-bond acceptors (Lipinski definition) is 4. The number of sulfone groups is 1. The van der Waals surface area contributed by atoms with Crippen LogP contribution in [0.4, 0.5) is 5.82 Å². The minimum absolute atomic E-state index is 0.0405. The summed E-state index contributed by atoms with van der Waals surface area (Å²) in [6, 6.07) is 7.67. The molecule has 0 saturated carbocycles. The van der Waals surface area contributed by atoms with Crippen molar-refractivity contribution in [2.24, 2.45) is 0 Å². The van der Waals surface area contributed by atoms with E-state index in [4.69, 9.17) is 11.6 Å². The predicted molar refractivity (Wildman–Crippen MR) is 86.1 cm³/mol. The van der Waals surface area contributed by atoms with Gasteiger partial charge in [-0.3, -0.25) is 4.79 Å². The zero-order chi connectivity index (χ0) is 16.3. The number of carbonyl (C=O) groups excluding carboxylic acids is 1. The van der Waals surface area contributed by atoms with Crippen molar-refractivity contribution < 1.29 is 13.2 Å². The van der Waals surface area contributed by atoms with Crippen LogP contribution in [0, 0.1) is 0 Å². The van der Waals surface area contributed by atoms with Crippen molar-refractivity contribution in [3.8, 4) is 0 Å². The molecule has 0 spiro atoms. The maximum Gasteiger partial charge on any atom is 0.258 e. The van der Waals surface area contributed by atoms with Crippen molar-refractivity contribution in [1.29, 1.82) is 0 Å². The number of nitrogens with zero attached hydrogens (tertiary/aromatic N) is 1. The zero-order valence-corrected chi connectivity index (χ0v) is 13.7. The number of hydrogen-bond donors (Lipinski definition) is 1. The van der Waals surface area contributed by atoms with Crippen molar-refractivity contribution in [2.45, 2.75) is 18.2 Å². The molecule has 0 unspecified atom stereocenters. The largest absolute Gasteiger partial charge is 0.306 e. The van der Waals surface area contributed by atoms with E-state index in [9.17, 15) is 13.2 Å². The van der Waals surface area contributed by atoms with Crippen LogP contribution in [-0.4, -0.2) is 25.6 Å². The van der Waals surface area contributed by atoms with Gasteiger partial charge >= 0.3 is 0 Å². The molecule has 1 amide bonds. The molecule has 0 radical (unpaired) electrons. The maximum absolute atomic E-state index is 12.4. The molecule has 0 aliphatic heterocycles. The van der Waals surface area contributed by atoms with Gasteiger partial charge in [0.1, 0.15) is 5.82 Å². The van der Waals surface area contributed by atoms with E-state index in [0.29, 0.717) is 12.2 Å². The standard InChI is InChI=1S/C15H15ClN2O3S/c1-3-10-5-4-8-17-14(10)18-15(19)12-9-11(22(2,20)21)6-7-13(12)16/h4-9H,3H2,1-2H3,(H,17,18,19). The van der Waals surface area contributed by atoms with Crippen molar-refractivity contribution in [3.63, 3.8) is 0 Å². The average molecular weight is 339 g/mol. The Morgan fingerprint density at radius 3 is 2.68 bits per heavy atom. The fourth-order valence-electron chi connectivity index (χ4n) is 1.92. The molecular weight excluding hydrogens is 324 g/mol. The molecule has 2 aromatic rings. The van der Waals surface area contributed by atoms with Gasteiger partial charge in [-0.05, 0) is 36.2 Å². The Morgan fingerprint density at radius 1 is 1.32 bits per heavy atom. The Bertz CT molecular complexity index is 819. The molecule has 1 aromatic heterocycles. The molecule has 0 atom stereocenters. The molecule has 116 valence electrons. The summed E-state index contributed by atoms with van der Waals surface area (Å²) in [5, 5.41) is 2.85. The Morgan fingerprint density at radius 2 is 2.05 bits per heavy atom. The highest BCUT2D eigenvalue weighted by Crippen LogP contribution is 2.22. The maximum atomic E-state index is 12.4. The number of halogens is 1. The van der Waals surface area contributed by atoms with E-state index in [0.717, 1.165) is 11.8 Å². The molecule has 1 heterocycles. The van der Waals surface area contributed by atoms with Gasteiger partial charge in [0, 0.05) is 12.5 Å². The lowest BCUT2D eigenvalue weighted by Gasteiger charge is -2.10. The Balaban J connectivity index is 2.38. The highest BCUT2D eigenvalue weighted by Gasteiger charge is 2.16. The second kappa shape index (κ2) is 6.46. The van der Waals surface area contributed by atoms with Gasteiger partial charge in [-0.2, -0.15) is 0 Å². The number of aromatic nitrogens is 1. The number of benzene rings is 1. The SMILES string of the molecule is CCc1cccnc1NC(=O)c1cc(S(C)(=O)=O)ccc1Cl. The van der Waals surface area contributed by atoms with E-state index in [1.54, 1.807) is 12.3 Å². The summed E-state index contributed by atoms with van der Waals surface area (Å²) in [4.78, 5) is 16.5. The minimum atomic E-state index is -3.42. The topological polar surface area (TPSA) is 76.1 Å². The number of anilines is 1. The van der Waals surface area contributed by atoms with Gasteiger partial charge < -0.3 is 5.32 Å². The molecule has 0 bridgehead atoms. The number of amides is 1. The van der Waals surface area contributed by atoms with Gasteiger partial charge in [0.15, 0.2) is 9.84 Å². The van der Waals surface area contributed by atoms with Crippen molar-refractivity contribution in [3.05, 3.63) is 52.7 Å². The number of carbonyl (C=O) groups is 1. The first-order valence-corrected chi connectivity index (χ1v) is 8.84. The molecular formula is C15H15ClN2O3S. The molecule has 0 saturated heterocycles. The molecule has 1 N–H and O–H groups in total. The molecule has 2 rings (SSSR count). The Hall–Kier alpha value is -1.92. The summed E-state index contributed by atoms with van der Waals surface area (Å²) >= 11 is 6.00. The normalized spacial score (nSPS) is 11.2. The number of rotatable bonds is 4. The fraction of sp³-hybridized carbons (Fsp3) is 0.200. The van der Waals surface area contributed by atoms with Gasteiger partial charge in [0.25, 0.3) is 5.91 Å². The number of aryl methyl sites for hydroxylation is 1. The molecule has 0 aliphatic rings. The second-order valence-electron chi connectivity index (χ2n) is 4.73. The van der Waals surface area contributed by atoms with Gasteiger partial charge in [-0.25, -0.2) is 13.4 Å². The lowest BCUT2D eigenvalue weighted by molar-refractivity contribution is 0.102. The van der Waals surface area contributed by atoms with Gasteiger partial charge in [0.2, 0.25) is 0 Å². The molecule has 1 aromatic carbocycles. The summed E-state index contributed by atoms with van der Waals surface area (Å²) in [5.74, 6) is -0.0558. The first-order chi connectivity index (χ1) is 10.3. The Labute approximate surface area is 134 Å². The van der Waals surface area contributed by atoms with Crippen molar-refractivity contribution in [2.75, 3.05) is 11.6 Å². The van der Waals surface area contributed by atoms with Crippen LogP contribution in [0.5, 0.6) is 0 Å². The predicted octanol–water partition coefficient (Wildman–Crippen LogP) is 2.95. The molecule has 0 aliphatic carbocycles. The van der Waals surface area contributed by atoms with E-state index < -0.39 is 15.7 Å². The molecule has 22 heavy (non-hydrogen) atoms. The van der Waals surface area contributed by atoms with Crippen molar-refractivity contribution in [1.82, 2.24) is 4.98 Å². The van der Waals surface area contributed by atoms with Crippen LogP contribution in [0.2, 0.25) is 5.02 Å². The first kappa shape index (κ1) is 16.5. The summed E-state index contributed by atoms with van der Waals surface area (Å²) in [7, 11) is -3.42. The van der Waals surface area contributed by atoms with Crippen LogP contribution in [0.1, 0.15) is 22.8 Å². The van der Waals surface area contributed by atoms with Crippen molar-refractivity contribution >= 4 is 33.2 Å². The average Bonchev–Trinajstić information content (AvgIpc) is 2.47. The van der Waals surface area contributed by atoms with Crippen LogP contribution in [-0.2, 0) is 16.3 Å². The highest BCUT2D eigenvalue weighted by atomic mass is 35.5. The minimum Gasteiger partial charge on any atom is -0.306 e. The molecule has 7 heteroatoms. The summed E-state index contributed by atoms with van der Waals surface area (Å²) in [6.07, 6.45) is 3.36. The first-order valence-electron chi connectivity index (χ1n) is 6.57. The lowest BCUT2D eigenvalue weighted by Crippen LogP contribution is -2.15. The number of nitrogens with one attached hydrogen (secondary N) is 1.